The Balaban J connectivity index is 2.33. The molecular weight excluding hydrogens is 170 g/mol. The molecule has 84 valence electrons. The number of nitrogens with one attached hydrogen (secondary N) is 1. The molecule has 1 aliphatic carbocycles. The van der Waals surface area contributed by atoms with Gasteiger partial charge < -0.3 is 5.32 Å². The first-order valence-electron chi connectivity index (χ1n) is 6.38. The molecular formula is C13H27N. The molecule has 1 rings (SSSR count). The van der Waals surface area contributed by atoms with E-state index in [9.17, 15) is 0 Å². The van der Waals surface area contributed by atoms with Gasteiger partial charge in [0.15, 0.2) is 0 Å². The summed E-state index contributed by atoms with van der Waals surface area (Å²) in [5.74, 6) is 2.68. The highest BCUT2D eigenvalue weighted by atomic mass is 14.9. The van der Waals surface area contributed by atoms with Crippen LogP contribution in [0.3, 0.4) is 0 Å². The highest BCUT2D eigenvalue weighted by Gasteiger charge is 2.28. The van der Waals surface area contributed by atoms with Crippen LogP contribution in [0.5, 0.6) is 0 Å². The van der Waals surface area contributed by atoms with Gasteiger partial charge in [-0.3, -0.25) is 0 Å². The van der Waals surface area contributed by atoms with Gasteiger partial charge in [0.05, 0.1) is 0 Å². The van der Waals surface area contributed by atoms with E-state index in [1.54, 1.807) is 0 Å². The summed E-state index contributed by atoms with van der Waals surface area (Å²) in [7, 11) is 0. The van der Waals surface area contributed by atoms with Crippen molar-refractivity contribution < 1.29 is 0 Å². The van der Waals surface area contributed by atoms with Gasteiger partial charge in [-0.2, -0.15) is 0 Å². The van der Waals surface area contributed by atoms with E-state index >= 15 is 0 Å². The fraction of sp³-hybridized carbons (Fsp3) is 1.00. The van der Waals surface area contributed by atoms with Crippen molar-refractivity contribution >= 4 is 0 Å². The molecule has 0 amide bonds. The van der Waals surface area contributed by atoms with E-state index < -0.39 is 0 Å². The Bertz CT molecular complexity index is 149. The van der Waals surface area contributed by atoms with Crippen LogP contribution >= 0.6 is 0 Å². The minimum Gasteiger partial charge on any atom is -0.314 e. The van der Waals surface area contributed by atoms with Crippen LogP contribution in [0.25, 0.3) is 0 Å². The summed E-state index contributed by atoms with van der Waals surface area (Å²) in [5, 5.41) is 3.72. The van der Waals surface area contributed by atoms with E-state index in [-0.39, 0.29) is 0 Å². The van der Waals surface area contributed by atoms with Crippen molar-refractivity contribution in [3.63, 3.8) is 0 Å². The summed E-state index contributed by atoms with van der Waals surface area (Å²) >= 11 is 0. The fourth-order valence-corrected chi connectivity index (χ4v) is 1.99. The van der Waals surface area contributed by atoms with E-state index in [1.807, 2.05) is 0 Å². The largest absolute Gasteiger partial charge is 0.314 e. The van der Waals surface area contributed by atoms with Gasteiger partial charge in [-0.1, -0.05) is 40.5 Å². The van der Waals surface area contributed by atoms with Gasteiger partial charge in [0.1, 0.15) is 0 Å². The molecule has 2 unspecified atom stereocenters. The Morgan fingerprint density at radius 1 is 1.21 bits per heavy atom. The van der Waals surface area contributed by atoms with Crippen molar-refractivity contribution in [2.75, 3.05) is 6.54 Å². The molecule has 0 spiro atoms. The molecule has 14 heavy (non-hydrogen) atoms. The molecule has 1 heteroatoms. The SMILES string of the molecule is CCCNC(CC1CC1)C(C)C(C)C. The van der Waals surface area contributed by atoms with Crippen molar-refractivity contribution in [3.05, 3.63) is 0 Å². The van der Waals surface area contributed by atoms with Gasteiger partial charge in [0.2, 0.25) is 0 Å². The lowest BCUT2D eigenvalue weighted by atomic mass is 9.87. The topological polar surface area (TPSA) is 12.0 Å². The molecule has 0 aromatic carbocycles. The minimum absolute atomic E-state index is 0.766. The highest BCUT2D eigenvalue weighted by Crippen LogP contribution is 2.35. The van der Waals surface area contributed by atoms with E-state index in [2.05, 4.69) is 33.0 Å². The molecule has 1 aliphatic rings. The average molecular weight is 197 g/mol. The maximum atomic E-state index is 3.72. The van der Waals surface area contributed by atoms with Crippen molar-refractivity contribution in [2.45, 2.75) is 59.4 Å². The zero-order chi connectivity index (χ0) is 10.6. The zero-order valence-electron chi connectivity index (χ0n) is 10.3. The maximum Gasteiger partial charge on any atom is 0.00977 e. The van der Waals surface area contributed by atoms with Crippen molar-refractivity contribution in [3.8, 4) is 0 Å². The molecule has 1 fully saturated rings. The molecule has 1 N–H and O–H groups in total. The molecule has 0 bridgehead atoms. The van der Waals surface area contributed by atoms with Crippen LogP contribution in [0.1, 0.15) is 53.4 Å². The minimum atomic E-state index is 0.766. The Labute approximate surface area is 89.7 Å². The monoisotopic (exact) mass is 197 g/mol. The normalized spacial score (nSPS) is 21.2. The van der Waals surface area contributed by atoms with Gasteiger partial charge in [-0.05, 0) is 37.1 Å². The Hall–Kier alpha value is -0.0400. The van der Waals surface area contributed by atoms with Crippen LogP contribution in [0.2, 0.25) is 0 Å². The standard InChI is InChI=1S/C13H27N/c1-5-8-14-13(9-12-6-7-12)11(4)10(2)3/h10-14H,5-9H2,1-4H3. The fourth-order valence-electron chi connectivity index (χ4n) is 1.99. The van der Waals surface area contributed by atoms with E-state index in [4.69, 9.17) is 0 Å². The summed E-state index contributed by atoms with van der Waals surface area (Å²) in [6.07, 6.45) is 5.63. The van der Waals surface area contributed by atoms with Crippen molar-refractivity contribution in [1.29, 1.82) is 0 Å². The first kappa shape index (κ1) is 12.0. The molecule has 1 saturated carbocycles. The molecule has 0 aliphatic heterocycles. The van der Waals surface area contributed by atoms with Gasteiger partial charge in [0, 0.05) is 6.04 Å². The van der Waals surface area contributed by atoms with E-state index in [1.165, 1.54) is 32.2 Å². The third kappa shape index (κ3) is 4.00. The quantitative estimate of drug-likeness (QED) is 0.659. The Morgan fingerprint density at radius 3 is 2.29 bits per heavy atom. The van der Waals surface area contributed by atoms with Crippen molar-refractivity contribution in [2.24, 2.45) is 17.8 Å². The summed E-state index contributed by atoms with van der Waals surface area (Å²) in [5.41, 5.74) is 0. The lowest BCUT2D eigenvalue weighted by Gasteiger charge is -2.28. The summed E-state index contributed by atoms with van der Waals surface area (Å²) in [6.45, 7) is 10.5. The first-order chi connectivity index (χ1) is 6.65. The third-order valence-corrected chi connectivity index (χ3v) is 3.63. The van der Waals surface area contributed by atoms with Crippen LogP contribution in [-0.2, 0) is 0 Å². The lowest BCUT2D eigenvalue weighted by molar-refractivity contribution is 0.277. The molecule has 0 saturated heterocycles. The lowest BCUT2D eigenvalue weighted by Crippen LogP contribution is -2.38. The highest BCUT2D eigenvalue weighted by molar-refractivity contribution is 4.84. The Morgan fingerprint density at radius 2 is 1.86 bits per heavy atom. The molecule has 0 aromatic heterocycles. The molecule has 0 aromatic rings. The second kappa shape index (κ2) is 5.75. The van der Waals surface area contributed by atoms with Crippen LogP contribution in [0.4, 0.5) is 0 Å². The molecule has 0 heterocycles. The Kier molecular flexibility index (Phi) is 4.94. The van der Waals surface area contributed by atoms with Crippen molar-refractivity contribution in [1.82, 2.24) is 5.32 Å². The van der Waals surface area contributed by atoms with Crippen LogP contribution in [0, 0.1) is 17.8 Å². The predicted octanol–water partition coefficient (Wildman–Crippen LogP) is 3.45. The van der Waals surface area contributed by atoms with Crippen LogP contribution in [-0.4, -0.2) is 12.6 Å². The zero-order valence-corrected chi connectivity index (χ0v) is 10.3. The van der Waals surface area contributed by atoms with E-state index in [0.717, 1.165) is 23.8 Å². The van der Waals surface area contributed by atoms with Crippen LogP contribution in [0.15, 0.2) is 0 Å². The summed E-state index contributed by atoms with van der Waals surface area (Å²) < 4.78 is 0. The molecule has 1 nitrogen and oxygen atoms in total. The number of hydrogen-bond acceptors (Lipinski definition) is 1. The second-order valence-electron chi connectivity index (χ2n) is 5.34. The first-order valence-corrected chi connectivity index (χ1v) is 6.38. The van der Waals surface area contributed by atoms with Gasteiger partial charge in [-0.15, -0.1) is 0 Å². The predicted molar refractivity (Wildman–Crippen MR) is 63.4 cm³/mol. The molecule has 0 radical (unpaired) electrons. The third-order valence-electron chi connectivity index (χ3n) is 3.63. The summed E-state index contributed by atoms with van der Waals surface area (Å²) in [4.78, 5) is 0. The average Bonchev–Trinajstić information content (AvgIpc) is 2.94. The van der Waals surface area contributed by atoms with Crippen LogP contribution < -0.4 is 5.32 Å². The smallest absolute Gasteiger partial charge is 0.00977 e. The maximum absolute atomic E-state index is 3.72. The summed E-state index contributed by atoms with van der Waals surface area (Å²) in [6, 6.07) is 0.766. The number of rotatable bonds is 7. The van der Waals surface area contributed by atoms with Gasteiger partial charge >= 0.3 is 0 Å². The van der Waals surface area contributed by atoms with Gasteiger partial charge in [-0.25, -0.2) is 0 Å². The van der Waals surface area contributed by atoms with E-state index in [0.29, 0.717) is 0 Å². The number of hydrogen-bond donors (Lipinski definition) is 1. The molecule has 2 atom stereocenters. The van der Waals surface area contributed by atoms with Gasteiger partial charge in [0.25, 0.3) is 0 Å². The second-order valence-corrected chi connectivity index (χ2v) is 5.34.